The number of carboxylic acids is 2. The van der Waals surface area contributed by atoms with Gasteiger partial charge < -0.3 is 37.2 Å². The molecule has 0 saturated heterocycles. The molecule has 0 saturated carbocycles. The number of benzene rings is 2. The average Bonchev–Trinajstić information content (AvgIpc) is 3.40. The molecule has 0 bridgehead atoms. The van der Waals surface area contributed by atoms with Crippen molar-refractivity contribution in [3.05, 3.63) is 76.6 Å². The number of hydrogen-bond acceptors (Lipinski definition) is 11. The molecule has 0 radical (unpaired) electrons. The van der Waals surface area contributed by atoms with Gasteiger partial charge in [-0.15, -0.1) is 0 Å². The Hall–Kier alpha value is -5.86. The summed E-state index contributed by atoms with van der Waals surface area (Å²) in [6, 6.07) is 9.50. The van der Waals surface area contributed by atoms with Crippen molar-refractivity contribution in [3.8, 4) is 0 Å². The first kappa shape index (κ1) is 29.6. The van der Waals surface area contributed by atoms with E-state index in [0.717, 1.165) is 11.3 Å². The number of nitrogens with zero attached hydrogens (tertiary/aromatic N) is 5. The average molecular weight is 600 g/mol. The summed E-state index contributed by atoms with van der Waals surface area (Å²) in [5.74, 6) is -3.05. The van der Waals surface area contributed by atoms with Crippen molar-refractivity contribution < 1.29 is 29.4 Å². The van der Waals surface area contributed by atoms with Crippen LogP contribution in [0.4, 0.5) is 17.5 Å². The summed E-state index contributed by atoms with van der Waals surface area (Å²) in [4.78, 5) is 67.0. The molecule has 1 atom stereocenters. The van der Waals surface area contributed by atoms with E-state index in [4.69, 9.17) is 16.6 Å². The highest BCUT2D eigenvalue weighted by molar-refractivity contribution is 5.97. The monoisotopic (exact) mass is 599 g/mol. The Morgan fingerprint density at radius 2 is 1.66 bits per heavy atom. The summed E-state index contributed by atoms with van der Waals surface area (Å²) in [6.45, 7) is 1.29. The lowest BCUT2D eigenvalue weighted by Crippen LogP contribution is -2.41. The van der Waals surface area contributed by atoms with Crippen LogP contribution in [0.3, 0.4) is 0 Å². The second kappa shape index (κ2) is 12.6. The maximum absolute atomic E-state index is 13.0. The summed E-state index contributed by atoms with van der Waals surface area (Å²) in [7, 11) is 0. The lowest BCUT2D eigenvalue weighted by molar-refractivity contribution is -0.139. The Balaban J connectivity index is 1.15. The fourth-order valence-electron chi connectivity index (χ4n) is 4.90. The standard InChI is InChI=1S/C29H29N9O6/c30-23-22-24(37-29(31)36-23)33-13-19(34-22)14-38-11-9-17-12-18(7-8-21(17)38)26(40)35-20(28(43)44)2-1-10-32-25(39)15-3-5-16(6-4-15)27(41)42/h3-8,12-13,20H,1-2,9-11,14H2,(H,32,39)(H,35,40)(H,41,42)(H,43,44)(H4,30,31,33,36,37). The molecule has 1 aliphatic rings. The smallest absolute Gasteiger partial charge is 0.335 e. The second-order valence-electron chi connectivity index (χ2n) is 10.2. The lowest BCUT2D eigenvalue weighted by atomic mass is 10.1. The Morgan fingerprint density at radius 3 is 2.39 bits per heavy atom. The van der Waals surface area contributed by atoms with Crippen molar-refractivity contribution in [1.29, 1.82) is 0 Å². The van der Waals surface area contributed by atoms with Crippen LogP contribution in [-0.4, -0.2) is 73.0 Å². The molecular weight excluding hydrogens is 570 g/mol. The third kappa shape index (κ3) is 6.61. The Bertz CT molecular complexity index is 1760. The molecule has 15 heteroatoms. The van der Waals surface area contributed by atoms with E-state index in [-0.39, 0.29) is 42.3 Å². The third-order valence-corrected chi connectivity index (χ3v) is 7.14. The van der Waals surface area contributed by atoms with Gasteiger partial charge in [0.2, 0.25) is 5.95 Å². The highest BCUT2D eigenvalue weighted by Gasteiger charge is 2.24. The van der Waals surface area contributed by atoms with Crippen LogP contribution >= 0.6 is 0 Å². The van der Waals surface area contributed by atoms with E-state index in [1.165, 1.54) is 24.3 Å². The molecule has 0 fully saturated rings. The van der Waals surface area contributed by atoms with Gasteiger partial charge in [0.05, 0.1) is 24.0 Å². The van der Waals surface area contributed by atoms with Crippen LogP contribution in [0.5, 0.6) is 0 Å². The van der Waals surface area contributed by atoms with Crippen LogP contribution in [-0.2, 0) is 17.8 Å². The van der Waals surface area contributed by atoms with Crippen LogP contribution in [0.2, 0.25) is 0 Å². The molecule has 2 aromatic carbocycles. The molecule has 4 aromatic rings. The predicted molar refractivity (Wildman–Crippen MR) is 159 cm³/mol. The lowest BCUT2D eigenvalue weighted by Gasteiger charge is -2.19. The number of carboxylic acid groups (broad SMARTS) is 2. The van der Waals surface area contributed by atoms with E-state index in [1.54, 1.807) is 18.3 Å². The van der Waals surface area contributed by atoms with Crippen molar-refractivity contribution in [2.24, 2.45) is 0 Å². The molecule has 5 rings (SSSR count). The quantitative estimate of drug-likeness (QED) is 0.133. The largest absolute Gasteiger partial charge is 0.480 e. The number of nitrogens with two attached hydrogens (primary N) is 2. The minimum Gasteiger partial charge on any atom is -0.480 e. The first-order valence-corrected chi connectivity index (χ1v) is 13.7. The number of rotatable bonds is 11. The Morgan fingerprint density at radius 1 is 0.932 bits per heavy atom. The van der Waals surface area contributed by atoms with Crippen LogP contribution in [0.1, 0.15) is 55.2 Å². The number of carbonyl (C=O) groups excluding carboxylic acids is 2. The van der Waals surface area contributed by atoms with Gasteiger partial charge in [-0.1, -0.05) is 0 Å². The number of aromatic nitrogens is 4. The van der Waals surface area contributed by atoms with Crippen LogP contribution in [0.25, 0.3) is 11.2 Å². The number of carbonyl (C=O) groups is 4. The minimum atomic E-state index is -1.19. The van der Waals surface area contributed by atoms with Crippen molar-refractivity contribution >= 4 is 52.4 Å². The fraction of sp³-hybridized carbons (Fsp3) is 0.241. The zero-order chi connectivity index (χ0) is 31.4. The van der Waals surface area contributed by atoms with E-state index in [2.05, 4.69) is 35.5 Å². The normalized spacial score (nSPS) is 12.9. The summed E-state index contributed by atoms with van der Waals surface area (Å²) < 4.78 is 0. The van der Waals surface area contributed by atoms with Gasteiger partial charge in [-0.05, 0) is 67.3 Å². The molecular formula is C29H29N9O6. The highest BCUT2D eigenvalue weighted by atomic mass is 16.4. The van der Waals surface area contributed by atoms with Gasteiger partial charge in [-0.2, -0.15) is 9.97 Å². The molecule has 3 heterocycles. The van der Waals surface area contributed by atoms with Gasteiger partial charge in [0, 0.05) is 29.9 Å². The number of anilines is 3. The second-order valence-corrected chi connectivity index (χ2v) is 10.2. The van der Waals surface area contributed by atoms with Gasteiger partial charge in [-0.25, -0.2) is 19.6 Å². The molecule has 2 amide bonds. The van der Waals surface area contributed by atoms with Gasteiger partial charge in [0.1, 0.15) is 6.04 Å². The number of aromatic carboxylic acids is 1. The van der Waals surface area contributed by atoms with Crippen LogP contribution in [0, 0.1) is 0 Å². The van der Waals surface area contributed by atoms with Gasteiger partial charge in [0.25, 0.3) is 11.8 Å². The van der Waals surface area contributed by atoms with Crippen molar-refractivity contribution in [3.63, 3.8) is 0 Å². The molecule has 2 aromatic heterocycles. The Labute approximate surface area is 250 Å². The maximum atomic E-state index is 13.0. The molecule has 15 nitrogen and oxygen atoms in total. The zero-order valence-corrected chi connectivity index (χ0v) is 23.4. The molecule has 0 aliphatic carbocycles. The summed E-state index contributed by atoms with van der Waals surface area (Å²) in [6.07, 6.45) is 2.66. The molecule has 0 spiro atoms. The van der Waals surface area contributed by atoms with E-state index in [1.807, 2.05) is 6.07 Å². The first-order valence-electron chi connectivity index (χ1n) is 13.7. The SMILES string of the molecule is Nc1nc(N)c2nc(CN3CCc4cc(C(=O)NC(CCCNC(=O)c5ccc(C(=O)O)cc5)C(=O)O)ccc43)cnc2n1. The summed E-state index contributed by atoms with van der Waals surface area (Å²) in [5.41, 5.74) is 15.4. The van der Waals surface area contributed by atoms with Crippen molar-refractivity contribution in [1.82, 2.24) is 30.6 Å². The predicted octanol–water partition coefficient (Wildman–Crippen LogP) is 1.24. The minimum absolute atomic E-state index is 0.0209. The molecule has 44 heavy (non-hydrogen) atoms. The number of nitrogens with one attached hydrogen (secondary N) is 2. The molecule has 226 valence electrons. The fourth-order valence-corrected chi connectivity index (χ4v) is 4.90. The summed E-state index contributed by atoms with van der Waals surface area (Å²) in [5, 5.41) is 23.9. The van der Waals surface area contributed by atoms with E-state index < -0.39 is 29.8 Å². The number of amides is 2. The third-order valence-electron chi connectivity index (χ3n) is 7.14. The zero-order valence-electron chi connectivity index (χ0n) is 23.4. The van der Waals surface area contributed by atoms with Crippen molar-refractivity contribution in [2.45, 2.75) is 31.8 Å². The van der Waals surface area contributed by atoms with Gasteiger partial charge in [0.15, 0.2) is 17.0 Å². The van der Waals surface area contributed by atoms with Crippen LogP contribution < -0.4 is 27.0 Å². The topological polar surface area (TPSA) is 240 Å². The Kier molecular flexibility index (Phi) is 8.46. The maximum Gasteiger partial charge on any atom is 0.335 e. The number of hydrogen-bond donors (Lipinski definition) is 6. The highest BCUT2D eigenvalue weighted by Crippen LogP contribution is 2.30. The number of nitrogen functional groups attached to an aromatic ring is 2. The molecule has 1 aliphatic heterocycles. The van der Waals surface area contributed by atoms with E-state index >= 15 is 0 Å². The van der Waals surface area contributed by atoms with Gasteiger partial charge >= 0.3 is 11.9 Å². The molecule has 8 N–H and O–H groups in total. The summed E-state index contributed by atoms with van der Waals surface area (Å²) >= 11 is 0. The van der Waals surface area contributed by atoms with Crippen LogP contribution in [0.15, 0.2) is 48.7 Å². The van der Waals surface area contributed by atoms with Crippen molar-refractivity contribution in [2.75, 3.05) is 29.5 Å². The number of fused-ring (bicyclic) bond motifs is 2. The van der Waals surface area contributed by atoms with E-state index in [9.17, 15) is 24.3 Å². The van der Waals surface area contributed by atoms with Gasteiger partial charge in [-0.3, -0.25) is 9.59 Å². The first-order chi connectivity index (χ1) is 21.1. The van der Waals surface area contributed by atoms with E-state index in [0.29, 0.717) is 41.9 Å². The number of aliphatic carboxylic acids is 1. The molecule has 1 unspecified atom stereocenters.